The van der Waals surface area contributed by atoms with Crippen molar-refractivity contribution in [3.05, 3.63) is 59.0 Å². The van der Waals surface area contributed by atoms with Gasteiger partial charge in [0, 0.05) is 6.20 Å². The second-order valence-electron chi connectivity index (χ2n) is 6.28. The van der Waals surface area contributed by atoms with Gasteiger partial charge in [0.15, 0.2) is 6.61 Å². The number of hydrogen-bond acceptors (Lipinski definition) is 4. The van der Waals surface area contributed by atoms with Crippen LogP contribution in [0.25, 0.3) is 0 Å². The summed E-state index contributed by atoms with van der Waals surface area (Å²) in [5.41, 5.74) is -0.0897. The zero-order chi connectivity index (χ0) is 18.6. The van der Waals surface area contributed by atoms with Crippen LogP contribution in [0.1, 0.15) is 31.2 Å². The van der Waals surface area contributed by atoms with Gasteiger partial charge in [-0.3, -0.25) is 9.59 Å². The normalized spacial score (nSPS) is 15.5. The summed E-state index contributed by atoms with van der Waals surface area (Å²) >= 11 is 5.74. The van der Waals surface area contributed by atoms with E-state index in [1.54, 1.807) is 24.3 Å². The van der Waals surface area contributed by atoms with Gasteiger partial charge < -0.3 is 10.1 Å². The van der Waals surface area contributed by atoms with Gasteiger partial charge in [0.05, 0.1) is 10.4 Å². The van der Waals surface area contributed by atoms with E-state index in [9.17, 15) is 14.0 Å². The summed E-state index contributed by atoms with van der Waals surface area (Å²) < 4.78 is 18.5. The van der Waals surface area contributed by atoms with E-state index in [0.29, 0.717) is 23.7 Å². The third-order valence-electron chi connectivity index (χ3n) is 4.57. The lowest BCUT2D eigenvalue weighted by Crippen LogP contribution is -2.36. The Balaban J connectivity index is 1.64. The highest BCUT2D eigenvalue weighted by Gasteiger charge is 2.44. The minimum atomic E-state index is -0.813. The molecule has 2 aromatic rings. The molecule has 1 saturated carbocycles. The van der Waals surface area contributed by atoms with Gasteiger partial charge >= 0.3 is 5.97 Å². The number of benzene rings is 1. The number of amides is 1. The molecule has 7 heteroatoms. The third kappa shape index (κ3) is 4.02. The molecule has 5 nitrogen and oxygen atoms in total. The number of halogens is 2. The van der Waals surface area contributed by atoms with E-state index in [4.69, 9.17) is 16.3 Å². The summed E-state index contributed by atoms with van der Waals surface area (Å²) in [6.45, 7) is -0.411. The van der Waals surface area contributed by atoms with Crippen LogP contribution in [0, 0.1) is 5.82 Å². The Morgan fingerprint density at radius 1 is 1.15 bits per heavy atom. The molecule has 0 aliphatic heterocycles. The predicted octanol–water partition coefficient (Wildman–Crippen LogP) is 3.87. The van der Waals surface area contributed by atoms with Crippen LogP contribution < -0.4 is 5.32 Å². The number of esters is 1. The first-order chi connectivity index (χ1) is 12.5. The molecule has 0 unspecified atom stereocenters. The van der Waals surface area contributed by atoms with Crippen molar-refractivity contribution in [2.24, 2.45) is 0 Å². The molecular weight excluding hydrogens is 359 g/mol. The lowest BCUT2D eigenvalue weighted by molar-refractivity contribution is -0.153. The molecule has 0 atom stereocenters. The van der Waals surface area contributed by atoms with Gasteiger partial charge in [-0.15, -0.1) is 0 Å². The van der Waals surface area contributed by atoms with Crippen LogP contribution in [0.15, 0.2) is 42.6 Å². The average Bonchev–Trinajstić information content (AvgIpc) is 3.13. The molecular formula is C19H18ClFN2O3. The minimum absolute atomic E-state index is 0.324. The zero-order valence-electron chi connectivity index (χ0n) is 14.0. The van der Waals surface area contributed by atoms with E-state index in [1.165, 1.54) is 18.3 Å². The highest BCUT2D eigenvalue weighted by molar-refractivity contribution is 6.30. The van der Waals surface area contributed by atoms with Crippen molar-refractivity contribution in [2.45, 2.75) is 31.1 Å². The van der Waals surface area contributed by atoms with Crippen molar-refractivity contribution in [1.82, 2.24) is 4.98 Å². The first kappa shape index (κ1) is 18.3. The fourth-order valence-corrected chi connectivity index (χ4v) is 3.37. The SMILES string of the molecule is O=C(COC(=O)C1(c2ccc(F)cc2)CCCC1)Nc1ccc(Cl)cn1. The zero-order valence-corrected chi connectivity index (χ0v) is 14.8. The topological polar surface area (TPSA) is 68.3 Å². The van der Waals surface area contributed by atoms with Crippen molar-refractivity contribution >= 4 is 29.3 Å². The van der Waals surface area contributed by atoms with E-state index in [-0.39, 0.29) is 5.82 Å². The van der Waals surface area contributed by atoms with Gasteiger partial charge in [-0.05, 0) is 42.7 Å². The van der Waals surface area contributed by atoms with Crippen molar-refractivity contribution in [3.8, 4) is 0 Å². The number of nitrogens with zero attached hydrogens (tertiary/aromatic N) is 1. The number of aromatic nitrogens is 1. The fourth-order valence-electron chi connectivity index (χ4n) is 3.26. The smallest absolute Gasteiger partial charge is 0.317 e. The molecule has 0 spiro atoms. The molecule has 1 amide bonds. The number of rotatable bonds is 5. The van der Waals surface area contributed by atoms with Crippen LogP contribution >= 0.6 is 11.6 Å². The highest BCUT2D eigenvalue weighted by Crippen LogP contribution is 2.42. The third-order valence-corrected chi connectivity index (χ3v) is 4.80. The van der Waals surface area contributed by atoms with Crippen LogP contribution in [-0.4, -0.2) is 23.5 Å². The Morgan fingerprint density at radius 3 is 2.46 bits per heavy atom. The maximum absolute atomic E-state index is 13.2. The molecule has 3 rings (SSSR count). The second-order valence-corrected chi connectivity index (χ2v) is 6.72. The first-order valence-electron chi connectivity index (χ1n) is 8.34. The monoisotopic (exact) mass is 376 g/mol. The summed E-state index contributed by atoms with van der Waals surface area (Å²) in [4.78, 5) is 28.7. The van der Waals surface area contributed by atoms with Crippen molar-refractivity contribution < 1.29 is 18.7 Å². The number of anilines is 1. The Kier molecular flexibility index (Phi) is 5.52. The fraction of sp³-hybridized carbons (Fsp3) is 0.316. The molecule has 1 aliphatic rings. The molecule has 1 N–H and O–H groups in total. The Labute approximate surface area is 155 Å². The van der Waals surface area contributed by atoms with Crippen LogP contribution in [0.3, 0.4) is 0 Å². The van der Waals surface area contributed by atoms with Gasteiger partial charge in [-0.2, -0.15) is 0 Å². The highest BCUT2D eigenvalue weighted by atomic mass is 35.5. The molecule has 0 saturated heterocycles. The van der Waals surface area contributed by atoms with E-state index >= 15 is 0 Å². The second kappa shape index (κ2) is 7.83. The number of carbonyl (C=O) groups excluding carboxylic acids is 2. The Bertz CT molecular complexity index is 787. The Morgan fingerprint density at radius 2 is 1.85 bits per heavy atom. The average molecular weight is 377 g/mol. The minimum Gasteiger partial charge on any atom is -0.455 e. The van der Waals surface area contributed by atoms with E-state index < -0.39 is 23.9 Å². The van der Waals surface area contributed by atoms with Crippen LogP contribution in [-0.2, 0) is 19.7 Å². The number of ether oxygens (including phenoxy) is 1. The molecule has 1 fully saturated rings. The number of hydrogen-bond donors (Lipinski definition) is 1. The molecule has 1 aromatic carbocycles. The lowest BCUT2D eigenvalue weighted by atomic mass is 9.79. The van der Waals surface area contributed by atoms with Gasteiger partial charge in [-0.1, -0.05) is 36.6 Å². The summed E-state index contributed by atoms with van der Waals surface area (Å²) in [7, 11) is 0. The number of carbonyl (C=O) groups is 2. The first-order valence-corrected chi connectivity index (χ1v) is 8.72. The maximum atomic E-state index is 13.2. The molecule has 1 aromatic heterocycles. The summed E-state index contributed by atoms with van der Waals surface area (Å²) in [5, 5.41) is 2.99. The molecule has 0 bridgehead atoms. The van der Waals surface area contributed by atoms with Crippen LogP contribution in [0.2, 0.25) is 5.02 Å². The predicted molar refractivity (Wildman–Crippen MR) is 95.4 cm³/mol. The van der Waals surface area contributed by atoms with Gasteiger partial charge in [0.1, 0.15) is 11.6 Å². The van der Waals surface area contributed by atoms with Gasteiger partial charge in [0.2, 0.25) is 0 Å². The van der Waals surface area contributed by atoms with Gasteiger partial charge in [0.25, 0.3) is 5.91 Å². The van der Waals surface area contributed by atoms with Crippen LogP contribution in [0.4, 0.5) is 10.2 Å². The quantitative estimate of drug-likeness (QED) is 0.804. The van der Waals surface area contributed by atoms with E-state index in [1.807, 2.05) is 0 Å². The van der Waals surface area contributed by atoms with Crippen molar-refractivity contribution in [1.29, 1.82) is 0 Å². The lowest BCUT2D eigenvalue weighted by Gasteiger charge is -2.27. The van der Waals surface area contributed by atoms with E-state index in [0.717, 1.165) is 18.4 Å². The van der Waals surface area contributed by atoms with Crippen LogP contribution in [0.5, 0.6) is 0 Å². The molecule has 26 heavy (non-hydrogen) atoms. The number of nitrogens with one attached hydrogen (secondary N) is 1. The summed E-state index contributed by atoms with van der Waals surface area (Å²) in [6, 6.07) is 9.04. The number of pyridine rings is 1. The largest absolute Gasteiger partial charge is 0.455 e. The standard InChI is InChI=1S/C19H18ClFN2O3/c20-14-5-8-16(22-11-14)23-17(24)12-26-18(25)19(9-1-2-10-19)13-3-6-15(21)7-4-13/h3-8,11H,1-2,9-10,12H2,(H,22,23,24). The van der Waals surface area contributed by atoms with Crippen molar-refractivity contribution in [2.75, 3.05) is 11.9 Å². The molecule has 136 valence electrons. The van der Waals surface area contributed by atoms with Crippen molar-refractivity contribution in [3.63, 3.8) is 0 Å². The summed E-state index contributed by atoms with van der Waals surface area (Å²) in [6.07, 6.45) is 4.42. The molecule has 0 radical (unpaired) electrons. The van der Waals surface area contributed by atoms with Gasteiger partial charge in [-0.25, -0.2) is 9.37 Å². The molecule has 1 aliphatic carbocycles. The summed E-state index contributed by atoms with van der Waals surface area (Å²) in [5.74, 6) is -0.976. The Hall–Kier alpha value is -2.47. The van der Waals surface area contributed by atoms with E-state index in [2.05, 4.69) is 10.3 Å². The molecule has 1 heterocycles. The maximum Gasteiger partial charge on any atom is 0.317 e.